The van der Waals surface area contributed by atoms with Crippen molar-refractivity contribution in [3.8, 4) is 6.07 Å². The number of ether oxygens (including phenoxy) is 1. The van der Waals surface area contributed by atoms with Crippen molar-refractivity contribution in [2.45, 2.75) is 78.4 Å². The van der Waals surface area contributed by atoms with Crippen molar-refractivity contribution in [1.29, 1.82) is 5.26 Å². The average Bonchev–Trinajstić information content (AvgIpc) is 2.63. The molecular formula is C21H29N3O4. The van der Waals surface area contributed by atoms with Gasteiger partial charge in [-0.3, -0.25) is 14.4 Å². The van der Waals surface area contributed by atoms with E-state index in [0.717, 1.165) is 24.8 Å². The number of rotatable bonds is 6. The van der Waals surface area contributed by atoms with Gasteiger partial charge in [0, 0.05) is 18.2 Å². The van der Waals surface area contributed by atoms with Gasteiger partial charge < -0.3 is 15.0 Å². The SMILES string of the molecule is Cc1[nH]c(=O)c(C#N)c(C)c1CCC(=O)OC(C)C(=O)NC1CCCCC1C. The van der Waals surface area contributed by atoms with Gasteiger partial charge in [-0.1, -0.05) is 19.8 Å². The minimum atomic E-state index is -0.853. The van der Waals surface area contributed by atoms with E-state index in [0.29, 0.717) is 23.6 Å². The van der Waals surface area contributed by atoms with Gasteiger partial charge in [0.25, 0.3) is 11.5 Å². The lowest BCUT2D eigenvalue weighted by Crippen LogP contribution is -2.46. The Hall–Kier alpha value is -2.62. The topological polar surface area (TPSA) is 112 Å². The molecule has 3 unspecified atom stereocenters. The van der Waals surface area contributed by atoms with Crippen LogP contribution in [0.2, 0.25) is 0 Å². The molecule has 152 valence electrons. The van der Waals surface area contributed by atoms with E-state index in [1.165, 1.54) is 6.42 Å². The first-order valence-electron chi connectivity index (χ1n) is 9.86. The van der Waals surface area contributed by atoms with Gasteiger partial charge in [0.2, 0.25) is 0 Å². The monoisotopic (exact) mass is 387 g/mol. The van der Waals surface area contributed by atoms with Crippen molar-refractivity contribution in [2.75, 3.05) is 0 Å². The Balaban J connectivity index is 1.91. The molecule has 0 spiro atoms. The molecule has 1 saturated carbocycles. The maximum atomic E-state index is 12.3. The molecule has 1 aromatic heterocycles. The number of esters is 1. The molecule has 3 atom stereocenters. The van der Waals surface area contributed by atoms with E-state index < -0.39 is 17.6 Å². The zero-order valence-corrected chi connectivity index (χ0v) is 17.1. The van der Waals surface area contributed by atoms with Crippen LogP contribution in [-0.4, -0.2) is 29.0 Å². The number of pyridine rings is 1. The number of hydrogen-bond acceptors (Lipinski definition) is 5. The summed E-state index contributed by atoms with van der Waals surface area (Å²) in [6.07, 6.45) is 3.89. The summed E-state index contributed by atoms with van der Waals surface area (Å²) in [6.45, 7) is 7.14. The number of amides is 1. The van der Waals surface area contributed by atoms with E-state index >= 15 is 0 Å². The average molecular weight is 387 g/mol. The van der Waals surface area contributed by atoms with Crippen LogP contribution in [0.1, 0.15) is 68.3 Å². The fourth-order valence-corrected chi connectivity index (χ4v) is 3.79. The van der Waals surface area contributed by atoms with Crippen molar-refractivity contribution in [2.24, 2.45) is 5.92 Å². The molecular weight excluding hydrogens is 358 g/mol. The van der Waals surface area contributed by atoms with Gasteiger partial charge in [-0.15, -0.1) is 0 Å². The number of nitrogens with one attached hydrogen (secondary N) is 2. The highest BCUT2D eigenvalue weighted by Crippen LogP contribution is 2.23. The van der Waals surface area contributed by atoms with E-state index in [2.05, 4.69) is 17.2 Å². The van der Waals surface area contributed by atoms with Gasteiger partial charge >= 0.3 is 5.97 Å². The summed E-state index contributed by atoms with van der Waals surface area (Å²) in [6, 6.07) is 2.03. The summed E-state index contributed by atoms with van der Waals surface area (Å²) in [5.74, 6) is -0.320. The van der Waals surface area contributed by atoms with Crippen LogP contribution in [0.5, 0.6) is 0 Å². The predicted octanol–water partition coefficient (Wildman–Crippen LogP) is 2.42. The maximum absolute atomic E-state index is 12.3. The van der Waals surface area contributed by atoms with Crippen LogP contribution in [0.15, 0.2) is 4.79 Å². The third-order valence-electron chi connectivity index (χ3n) is 5.62. The van der Waals surface area contributed by atoms with Crippen LogP contribution >= 0.6 is 0 Å². The molecule has 28 heavy (non-hydrogen) atoms. The van der Waals surface area contributed by atoms with E-state index in [-0.39, 0.29) is 23.9 Å². The fraction of sp³-hybridized carbons (Fsp3) is 0.619. The van der Waals surface area contributed by atoms with E-state index in [1.807, 2.05) is 6.07 Å². The molecule has 0 saturated heterocycles. The number of aryl methyl sites for hydroxylation is 1. The molecule has 1 heterocycles. The van der Waals surface area contributed by atoms with Crippen LogP contribution in [0.25, 0.3) is 0 Å². The normalized spacial score (nSPS) is 20.1. The van der Waals surface area contributed by atoms with E-state index in [1.54, 1.807) is 20.8 Å². The van der Waals surface area contributed by atoms with Gasteiger partial charge in [0.05, 0.1) is 0 Å². The Morgan fingerprint density at radius 1 is 1.32 bits per heavy atom. The third-order valence-corrected chi connectivity index (χ3v) is 5.62. The van der Waals surface area contributed by atoms with Crippen LogP contribution in [0.4, 0.5) is 0 Å². The summed E-state index contributed by atoms with van der Waals surface area (Å²) < 4.78 is 5.28. The number of nitriles is 1. The molecule has 1 aromatic rings. The minimum absolute atomic E-state index is 0.0586. The third kappa shape index (κ3) is 5.22. The highest BCUT2D eigenvalue weighted by molar-refractivity contribution is 5.83. The largest absolute Gasteiger partial charge is 0.453 e. The zero-order valence-electron chi connectivity index (χ0n) is 17.1. The molecule has 1 aliphatic rings. The maximum Gasteiger partial charge on any atom is 0.306 e. The van der Waals surface area contributed by atoms with Gasteiger partial charge in [-0.2, -0.15) is 5.26 Å². The first kappa shape index (κ1) is 21.7. The number of aromatic nitrogens is 1. The Kier molecular flexibility index (Phi) is 7.38. The number of aromatic amines is 1. The van der Waals surface area contributed by atoms with Crippen LogP contribution in [0, 0.1) is 31.1 Å². The van der Waals surface area contributed by atoms with Crippen LogP contribution in [-0.2, 0) is 20.7 Å². The first-order valence-corrected chi connectivity index (χ1v) is 9.86. The quantitative estimate of drug-likeness (QED) is 0.728. The number of carbonyl (C=O) groups excluding carboxylic acids is 2. The molecule has 0 aromatic carbocycles. The number of carbonyl (C=O) groups is 2. The molecule has 0 aliphatic heterocycles. The molecule has 0 radical (unpaired) electrons. The Bertz CT molecular complexity index is 837. The van der Waals surface area contributed by atoms with Gasteiger partial charge in [-0.25, -0.2) is 0 Å². The Morgan fingerprint density at radius 3 is 2.64 bits per heavy atom. The second-order valence-corrected chi connectivity index (χ2v) is 7.68. The molecule has 2 rings (SSSR count). The summed E-state index contributed by atoms with van der Waals surface area (Å²) in [5, 5.41) is 12.1. The van der Waals surface area contributed by atoms with Crippen molar-refractivity contribution < 1.29 is 14.3 Å². The molecule has 2 N–H and O–H groups in total. The summed E-state index contributed by atoms with van der Waals surface area (Å²) in [5.41, 5.74) is 1.59. The zero-order chi connectivity index (χ0) is 20.8. The first-order chi connectivity index (χ1) is 13.2. The highest BCUT2D eigenvalue weighted by atomic mass is 16.5. The number of hydrogen-bond donors (Lipinski definition) is 2. The summed E-state index contributed by atoms with van der Waals surface area (Å²) in [7, 11) is 0. The minimum Gasteiger partial charge on any atom is -0.453 e. The molecule has 1 amide bonds. The van der Waals surface area contributed by atoms with Crippen LogP contribution < -0.4 is 10.9 Å². The molecule has 7 heteroatoms. The van der Waals surface area contributed by atoms with E-state index in [9.17, 15) is 14.4 Å². The summed E-state index contributed by atoms with van der Waals surface area (Å²) >= 11 is 0. The van der Waals surface area contributed by atoms with Crippen molar-refractivity contribution >= 4 is 11.9 Å². The van der Waals surface area contributed by atoms with Crippen molar-refractivity contribution in [3.63, 3.8) is 0 Å². The van der Waals surface area contributed by atoms with Gasteiger partial charge in [-0.05, 0) is 57.1 Å². The predicted molar refractivity (Wildman–Crippen MR) is 105 cm³/mol. The molecule has 1 fully saturated rings. The van der Waals surface area contributed by atoms with Gasteiger partial charge in [0.1, 0.15) is 11.6 Å². The molecule has 0 bridgehead atoms. The second kappa shape index (κ2) is 9.54. The van der Waals surface area contributed by atoms with E-state index in [4.69, 9.17) is 10.00 Å². The fourth-order valence-electron chi connectivity index (χ4n) is 3.79. The lowest BCUT2D eigenvalue weighted by atomic mass is 9.86. The summed E-state index contributed by atoms with van der Waals surface area (Å²) in [4.78, 5) is 38.9. The Labute approximate surface area is 165 Å². The number of nitrogens with zero attached hydrogens (tertiary/aromatic N) is 1. The standard InChI is InChI=1S/C21H29N3O4/c1-12-7-5-6-8-18(12)24-20(26)15(4)28-19(25)10-9-16-13(2)17(11-22)21(27)23-14(16)3/h12,15,18H,5-10H2,1-4H3,(H,23,27)(H,24,26). The highest BCUT2D eigenvalue weighted by Gasteiger charge is 2.26. The smallest absolute Gasteiger partial charge is 0.306 e. The van der Waals surface area contributed by atoms with Crippen LogP contribution in [0.3, 0.4) is 0 Å². The van der Waals surface area contributed by atoms with Gasteiger partial charge in [0.15, 0.2) is 6.10 Å². The second-order valence-electron chi connectivity index (χ2n) is 7.68. The number of H-pyrrole nitrogens is 1. The molecule has 7 nitrogen and oxygen atoms in total. The lowest BCUT2D eigenvalue weighted by Gasteiger charge is -2.30. The van der Waals surface area contributed by atoms with Crippen molar-refractivity contribution in [3.05, 3.63) is 32.7 Å². The molecule has 1 aliphatic carbocycles. The Morgan fingerprint density at radius 2 is 2.00 bits per heavy atom. The lowest BCUT2D eigenvalue weighted by molar-refractivity contribution is -0.155. The van der Waals surface area contributed by atoms with Crippen molar-refractivity contribution in [1.82, 2.24) is 10.3 Å².